The SMILES string of the molecule is CC.CCC(C)NCCOCCOCCNC(C)=O.[HH].[HH]. The van der Waals surface area contributed by atoms with Gasteiger partial charge < -0.3 is 20.1 Å². The van der Waals surface area contributed by atoms with Crippen LogP contribution in [0.25, 0.3) is 0 Å². The van der Waals surface area contributed by atoms with Gasteiger partial charge in [0.1, 0.15) is 0 Å². The third-order valence-electron chi connectivity index (χ3n) is 2.34. The third kappa shape index (κ3) is 19.9. The molecule has 1 atom stereocenters. The average Bonchev–Trinajstić information content (AvgIpc) is 2.42. The zero-order valence-electron chi connectivity index (χ0n) is 13.3. The van der Waals surface area contributed by atoms with Crippen molar-refractivity contribution in [1.82, 2.24) is 10.6 Å². The smallest absolute Gasteiger partial charge is 0.216 e. The number of carbonyl (C=O) groups is 1. The Labute approximate surface area is 121 Å². The van der Waals surface area contributed by atoms with E-state index in [1.165, 1.54) is 6.92 Å². The summed E-state index contributed by atoms with van der Waals surface area (Å²) >= 11 is 0. The number of hydrogen-bond donors (Lipinski definition) is 2. The van der Waals surface area contributed by atoms with Crippen molar-refractivity contribution < 1.29 is 17.1 Å². The van der Waals surface area contributed by atoms with Crippen molar-refractivity contribution in [2.45, 2.75) is 47.1 Å². The number of hydrogen-bond acceptors (Lipinski definition) is 4. The maximum absolute atomic E-state index is 10.5. The summed E-state index contributed by atoms with van der Waals surface area (Å²) in [5, 5.41) is 6.00. The Bertz CT molecular complexity index is 199. The first kappa shape index (κ1) is 20.7. The Morgan fingerprint density at radius 3 is 2.11 bits per heavy atom. The fraction of sp³-hybridized carbons (Fsp3) is 0.929. The second kappa shape index (κ2) is 17.4. The molecule has 0 fully saturated rings. The lowest BCUT2D eigenvalue weighted by Crippen LogP contribution is -2.29. The number of amides is 1. The molecule has 0 aromatic carbocycles. The van der Waals surface area contributed by atoms with E-state index in [1.807, 2.05) is 13.8 Å². The molecule has 0 heterocycles. The van der Waals surface area contributed by atoms with Crippen molar-refractivity contribution in [1.29, 1.82) is 0 Å². The molecule has 0 aromatic rings. The van der Waals surface area contributed by atoms with Crippen molar-refractivity contribution in [3.05, 3.63) is 0 Å². The molecule has 120 valence electrons. The molecule has 0 radical (unpaired) electrons. The largest absolute Gasteiger partial charge is 0.378 e. The highest BCUT2D eigenvalue weighted by Crippen LogP contribution is 1.86. The van der Waals surface area contributed by atoms with Crippen LogP contribution < -0.4 is 10.6 Å². The first-order valence-electron chi connectivity index (χ1n) is 7.30. The minimum absolute atomic E-state index is 0. The lowest BCUT2D eigenvalue weighted by molar-refractivity contribution is -0.119. The highest BCUT2D eigenvalue weighted by atomic mass is 16.5. The topological polar surface area (TPSA) is 59.6 Å². The molecule has 0 aliphatic heterocycles. The maximum atomic E-state index is 10.5. The minimum atomic E-state index is -0.0269. The normalized spacial score (nSPS) is 11.4. The van der Waals surface area contributed by atoms with Gasteiger partial charge in [0, 0.05) is 28.9 Å². The van der Waals surface area contributed by atoms with Crippen LogP contribution in [0, 0.1) is 0 Å². The quantitative estimate of drug-likeness (QED) is 0.569. The number of carbonyl (C=O) groups excluding carboxylic acids is 1. The molecule has 0 bridgehead atoms. The van der Waals surface area contributed by atoms with Gasteiger partial charge in [0.25, 0.3) is 0 Å². The lowest BCUT2D eigenvalue weighted by Gasteiger charge is -2.11. The van der Waals surface area contributed by atoms with Crippen LogP contribution in [0.1, 0.15) is 43.9 Å². The van der Waals surface area contributed by atoms with Crippen LogP contribution >= 0.6 is 0 Å². The molecule has 0 spiro atoms. The van der Waals surface area contributed by atoms with Gasteiger partial charge in [-0.15, -0.1) is 0 Å². The maximum Gasteiger partial charge on any atom is 0.216 e. The predicted octanol–water partition coefficient (Wildman–Crippen LogP) is 2.06. The van der Waals surface area contributed by atoms with Crippen LogP contribution in [0.5, 0.6) is 0 Å². The van der Waals surface area contributed by atoms with Gasteiger partial charge in [0.2, 0.25) is 5.91 Å². The second-order valence-electron chi connectivity index (χ2n) is 3.97. The van der Waals surface area contributed by atoms with E-state index in [4.69, 9.17) is 9.47 Å². The summed E-state index contributed by atoms with van der Waals surface area (Å²) in [6.45, 7) is 13.7. The fourth-order valence-corrected chi connectivity index (χ4v) is 1.14. The molecule has 5 nitrogen and oxygen atoms in total. The molecule has 0 rings (SSSR count). The summed E-state index contributed by atoms with van der Waals surface area (Å²) in [5.41, 5.74) is 0. The van der Waals surface area contributed by atoms with Gasteiger partial charge in [-0.05, 0) is 13.3 Å². The molecule has 0 aliphatic rings. The van der Waals surface area contributed by atoms with E-state index in [9.17, 15) is 4.79 Å². The van der Waals surface area contributed by atoms with E-state index < -0.39 is 0 Å². The minimum Gasteiger partial charge on any atom is -0.378 e. The van der Waals surface area contributed by atoms with E-state index in [-0.39, 0.29) is 8.76 Å². The van der Waals surface area contributed by atoms with Crippen molar-refractivity contribution in [2.75, 3.05) is 39.5 Å². The van der Waals surface area contributed by atoms with Gasteiger partial charge in [0.05, 0.1) is 26.4 Å². The molecular weight excluding hydrogens is 244 g/mol. The second-order valence-corrected chi connectivity index (χ2v) is 3.97. The highest BCUT2D eigenvalue weighted by molar-refractivity contribution is 5.72. The molecule has 0 aliphatic carbocycles. The van der Waals surface area contributed by atoms with E-state index >= 15 is 0 Å². The Kier molecular flexibility index (Phi) is 18.9. The standard InChI is InChI=1S/C12H26N2O3.C2H6.2H2/c1-4-11(2)13-5-7-16-9-10-17-8-6-14-12(3)15;1-2;;/h11,13H,4-10H2,1-3H3,(H,14,15);1-2H3;2*1H. The van der Waals surface area contributed by atoms with Gasteiger partial charge in [-0.3, -0.25) is 4.79 Å². The Balaban J connectivity index is -0.000000344. The molecule has 1 unspecified atom stereocenters. The molecule has 5 heteroatoms. The van der Waals surface area contributed by atoms with Gasteiger partial charge in [0.15, 0.2) is 0 Å². The summed E-state index contributed by atoms with van der Waals surface area (Å²) in [5.74, 6) is -0.0269. The Morgan fingerprint density at radius 1 is 1.11 bits per heavy atom. The summed E-state index contributed by atoms with van der Waals surface area (Å²) in [6.07, 6.45) is 1.13. The predicted molar refractivity (Wildman–Crippen MR) is 83.7 cm³/mol. The van der Waals surface area contributed by atoms with E-state index in [0.29, 0.717) is 39.0 Å². The van der Waals surface area contributed by atoms with Crippen LogP contribution in [-0.2, 0) is 14.3 Å². The van der Waals surface area contributed by atoms with Crippen LogP contribution in [0.3, 0.4) is 0 Å². The van der Waals surface area contributed by atoms with Gasteiger partial charge in [-0.25, -0.2) is 0 Å². The van der Waals surface area contributed by atoms with Gasteiger partial charge >= 0.3 is 0 Å². The fourth-order valence-electron chi connectivity index (χ4n) is 1.14. The molecule has 0 saturated heterocycles. The molecule has 0 aromatic heterocycles. The summed E-state index contributed by atoms with van der Waals surface area (Å²) < 4.78 is 10.7. The van der Waals surface area contributed by atoms with Crippen LogP contribution in [0.2, 0.25) is 0 Å². The summed E-state index contributed by atoms with van der Waals surface area (Å²) in [7, 11) is 0. The third-order valence-corrected chi connectivity index (χ3v) is 2.34. The zero-order valence-corrected chi connectivity index (χ0v) is 13.3. The number of nitrogens with one attached hydrogen (secondary N) is 2. The van der Waals surface area contributed by atoms with Crippen molar-refractivity contribution in [2.24, 2.45) is 0 Å². The van der Waals surface area contributed by atoms with Crippen molar-refractivity contribution in [3.63, 3.8) is 0 Å². The van der Waals surface area contributed by atoms with Crippen LogP contribution in [0.15, 0.2) is 0 Å². The number of ether oxygens (including phenoxy) is 2. The lowest BCUT2D eigenvalue weighted by atomic mass is 10.3. The Hall–Kier alpha value is -0.650. The van der Waals surface area contributed by atoms with Gasteiger partial charge in [-0.2, -0.15) is 0 Å². The van der Waals surface area contributed by atoms with E-state index in [2.05, 4.69) is 24.5 Å². The molecule has 2 N–H and O–H groups in total. The molecule has 19 heavy (non-hydrogen) atoms. The zero-order chi connectivity index (χ0) is 14.9. The Morgan fingerprint density at radius 2 is 1.63 bits per heavy atom. The van der Waals surface area contributed by atoms with Crippen molar-refractivity contribution >= 4 is 5.91 Å². The monoisotopic (exact) mass is 280 g/mol. The first-order chi connectivity index (χ1) is 9.16. The molecule has 1 amide bonds. The molecule has 0 saturated carbocycles. The average molecular weight is 280 g/mol. The molecular formula is C14H36N2O3. The summed E-state index contributed by atoms with van der Waals surface area (Å²) in [4.78, 5) is 10.5. The van der Waals surface area contributed by atoms with Crippen LogP contribution in [0.4, 0.5) is 0 Å². The number of rotatable bonds is 11. The van der Waals surface area contributed by atoms with E-state index in [1.54, 1.807) is 0 Å². The summed E-state index contributed by atoms with van der Waals surface area (Å²) in [6, 6.07) is 0.549. The first-order valence-corrected chi connectivity index (χ1v) is 7.30. The highest BCUT2D eigenvalue weighted by Gasteiger charge is 1.96. The van der Waals surface area contributed by atoms with Crippen LogP contribution in [-0.4, -0.2) is 51.5 Å². The van der Waals surface area contributed by atoms with E-state index in [0.717, 1.165) is 13.0 Å². The van der Waals surface area contributed by atoms with Gasteiger partial charge in [-0.1, -0.05) is 20.8 Å². The van der Waals surface area contributed by atoms with Crippen molar-refractivity contribution in [3.8, 4) is 0 Å².